The standard InChI is InChI=1S/C16H16N4O3S/c1-8-6-11(23-19-8)10-4-3-5-20(10)16(22)13-9(2)12-14(21)17-7-18-15(12)24-13/h6-7,10H,3-5H2,1-2H3,(H,17,18,21)/t10-/m0/s1. The molecule has 0 aromatic carbocycles. The average molecular weight is 344 g/mol. The summed E-state index contributed by atoms with van der Waals surface area (Å²) in [7, 11) is 0. The molecule has 4 heterocycles. The van der Waals surface area contributed by atoms with E-state index in [1.54, 1.807) is 6.92 Å². The normalized spacial score (nSPS) is 17.8. The van der Waals surface area contributed by atoms with Crippen LogP contribution in [0.5, 0.6) is 0 Å². The highest BCUT2D eigenvalue weighted by Crippen LogP contribution is 2.36. The molecule has 1 atom stereocenters. The summed E-state index contributed by atoms with van der Waals surface area (Å²) >= 11 is 1.27. The largest absolute Gasteiger partial charge is 0.359 e. The van der Waals surface area contributed by atoms with Crippen LogP contribution in [0.25, 0.3) is 10.2 Å². The SMILES string of the molecule is Cc1cc([C@@H]2CCCN2C(=O)c2sc3nc[nH]c(=O)c3c2C)on1. The molecule has 0 bridgehead atoms. The maximum Gasteiger partial charge on any atom is 0.264 e. The molecule has 8 heteroatoms. The second-order valence-corrected chi connectivity index (χ2v) is 6.99. The quantitative estimate of drug-likeness (QED) is 0.771. The third-order valence-corrected chi connectivity index (χ3v) is 5.60. The number of hydrogen-bond donors (Lipinski definition) is 1. The molecule has 7 nitrogen and oxygen atoms in total. The van der Waals surface area contributed by atoms with E-state index in [1.807, 2.05) is 17.9 Å². The van der Waals surface area contributed by atoms with Crippen molar-refractivity contribution in [3.63, 3.8) is 0 Å². The molecule has 0 saturated carbocycles. The number of amides is 1. The maximum atomic E-state index is 13.1. The van der Waals surface area contributed by atoms with Crippen molar-refractivity contribution in [2.45, 2.75) is 32.7 Å². The molecule has 24 heavy (non-hydrogen) atoms. The molecular weight excluding hydrogens is 328 g/mol. The van der Waals surface area contributed by atoms with Gasteiger partial charge < -0.3 is 14.4 Å². The number of hydrogen-bond acceptors (Lipinski definition) is 6. The van der Waals surface area contributed by atoms with Gasteiger partial charge in [-0.3, -0.25) is 9.59 Å². The number of carbonyl (C=O) groups is 1. The van der Waals surface area contributed by atoms with Gasteiger partial charge in [-0.25, -0.2) is 4.98 Å². The predicted molar refractivity (Wildman–Crippen MR) is 89.2 cm³/mol. The van der Waals surface area contributed by atoms with E-state index >= 15 is 0 Å². The van der Waals surface area contributed by atoms with Crippen molar-refractivity contribution < 1.29 is 9.32 Å². The molecule has 3 aromatic heterocycles. The second kappa shape index (κ2) is 5.55. The number of nitrogens with one attached hydrogen (secondary N) is 1. The Bertz CT molecular complexity index is 987. The zero-order valence-corrected chi connectivity index (χ0v) is 14.1. The van der Waals surface area contributed by atoms with Crippen LogP contribution in [0.15, 0.2) is 21.7 Å². The number of thiophene rings is 1. The third kappa shape index (κ3) is 2.25. The van der Waals surface area contributed by atoms with E-state index in [1.165, 1.54) is 17.7 Å². The Morgan fingerprint density at radius 1 is 1.46 bits per heavy atom. The third-order valence-electron chi connectivity index (χ3n) is 4.42. The maximum absolute atomic E-state index is 13.1. The smallest absolute Gasteiger partial charge is 0.264 e. The molecule has 1 N–H and O–H groups in total. The van der Waals surface area contributed by atoms with Crippen LogP contribution < -0.4 is 5.56 Å². The first-order valence-corrected chi connectivity index (χ1v) is 8.59. The molecule has 1 fully saturated rings. The van der Waals surface area contributed by atoms with Gasteiger partial charge in [-0.15, -0.1) is 11.3 Å². The van der Waals surface area contributed by atoms with Gasteiger partial charge >= 0.3 is 0 Å². The molecule has 1 saturated heterocycles. The molecule has 1 aliphatic rings. The van der Waals surface area contributed by atoms with Crippen molar-refractivity contribution in [2.75, 3.05) is 6.54 Å². The fourth-order valence-corrected chi connectivity index (χ4v) is 4.36. The van der Waals surface area contributed by atoms with E-state index in [4.69, 9.17) is 4.52 Å². The number of fused-ring (bicyclic) bond motifs is 1. The minimum absolute atomic E-state index is 0.0774. The number of nitrogens with zero attached hydrogens (tertiary/aromatic N) is 3. The summed E-state index contributed by atoms with van der Waals surface area (Å²) < 4.78 is 5.36. The lowest BCUT2D eigenvalue weighted by atomic mass is 10.1. The van der Waals surface area contributed by atoms with Crippen LogP contribution in [0.3, 0.4) is 0 Å². The Labute approximate surface area is 141 Å². The lowest BCUT2D eigenvalue weighted by Crippen LogP contribution is -2.30. The molecule has 0 aliphatic carbocycles. The number of rotatable bonds is 2. The van der Waals surface area contributed by atoms with Crippen LogP contribution in [0, 0.1) is 13.8 Å². The average Bonchev–Trinajstić information content (AvgIpc) is 3.25. The number of likely N-dealkylation sites (tertiary alicyclic amines) is 1. The van der Waals surface area contributed by atoms with Gasteiger partial charge in [-0.1, -0.05) is 5.16 Å². The van der Waals surface area contributed by atoms with E-state index in [9.17, 15) is 9.59 Å². The number of carbonyl (C=O) groups excluding carboxylic acids is 1. The van der Waals surface area contributed by atoms with Gasteiger partial charge in [0.05, 0.1) is 28.3 Å². The molecule has 124 valence electrons. The number of aromatic nitrogens is 3. The van der Waals surface area contributed by atoms with Crippen LogP contribution in [-0.2, 0) is 0 Å². The Morgan fingerprint density at radius 2 is 2.29 bits per heavy atom. The number of aryl methyl sites for hydroxylation is 2. The van der Waals surface area contributed by atoms with Crippen molar-refractivity contribution in [1.82, 2.24) is 20.0 Å². The van der Waals surface area contributed by atoms with Crippen LogP contribution in [0.4, 0.5) is 0 Å². The zero-order valence-electron chi connectivity index (χ0n) is 13.3. The van der Waals surface area contributed by atoms with E-state index in [0.717, 1.165) is 18.5 Å². The van der Waals surface area contributed by atoms with Gasteiger partial charge in [0, 0.05) is 12.6 Å². The van der Waals surface area contributed by atoms with Crippen molar-refractivity contribution >= 4 is 27.5 Å². The van der Waals surface area contributed by atoms with Gasteiger partial charge in [0.2, 0.25) is 0 Å². The lowest BCUT2D eigenvalue weighted by molar-refractivity contribution is 0.0719. The Balaban J connectivity index is 1.74. The lowest BCUT2D eigenvalue weighted by Gasteiger charge is -2.22. The van der Waals surface area contributed by atoms with Crippen LogP contribution in [0.1, 0.15) is 45.6 Å². The summed E-state index contributed by atoms with van der Waals surface area (Å²) in [6, 6.07) is 1.77. The minimum atomic E-state index is -0.211. The fraction of sp³-hybridized carbons (Fsp3) is 0.375. The summed E-state index contributed by atoms with van der Waals surface area (Å²) in [4.78, 5) is 34.8. The first kappa shape index (κ1) is 15.1. The number of aromatic amines is 1. The highest BCUT2D eigenvalue weighted by atomic mass is 32.1. The molecule has 1 aliphatic heterocycles. The van der Waals surface area contributed by atoms with E-state index in [2.05, 4.69) is 15.1 Å². The Hall–Kier alpha value is -2.48. The molecule has 0 unspecified atom stereocenters. The Kier molecular flexibility index (Phi) is 3.49. The van der Waals surface area contributed by atoms with E-state index in [-0.39, 0.29) is 17.5 Å². The van der Waals surface area contributed by atoms with E-state index < -0.39 is 0 Å². The summed E-state index contributed by atoms with van der Waals surface area (Å²) in [5.74, 6) is 0.638. The van der Waals surface area contributed by atoms with Crippen LogP contribution in [-0.4, -0.2) is 32.5 Å². The highest BCUT2D eigenvalue weighted by molar-refractivity contribution is 7.20. The first-order valence-electron chi connectivity index (χ1n) is 7.77. The molecule has 4 rings (SSSR count). The minimum Gasteiger partial charge on any atom is -0.359 e. The monoisotopic (exact) mass is 344 g/mol. The molecule has 1 amide bonds. The van der Waals surface area contributed by atoms with Gasteiger partial charge in [0.15, 0.2) is 5.76 Å². The molecule has 3 aromatic rings. The van der Waals surface area contributed by atoms with Crippen molar-refractivity contribution in [3.05, 3.63) is 44.6 Å². The summed E-state index contributed by atoms with van der Waals surface area (Å²) in [6.45, 7) is 4.33. The summed E-state index contributed by atoms with van der Waals surface area (Å²) in [5.41, 5.74) is 1.28. The van der Waals surface area contributed by atoms with Crippen LogP contribution in [0.2, 0.25) is 0 Å². The number of H-pyrrole nitrogens is 1. The van der Waals surface area contributed by atoms with Gasteiger partial charge in [-0.05, 0) is 32.3 Å². The Morgan fingerprint density at radius 3 is 3.00 bits per heavy atom. The van der Waals surface area contributed by atoms with Crippen molar-refractivity contribution in [1.29, 1.82) is 0 Å². The first-order chi connectivity index (χ1) is 11.6. The molecule has 0 radical (unpaired) electrons. The zero-order chi connectivity index (χ0) is 16.8. The topological polar surface area (TPSA) is 92.1 Å². The van der Waals surface area contributed by atoms with Gasteiger partial charge in [-0.2, -0.15) is 0 Å². The van der Waals surface area contributed by atoms with Crippen LogP contribution >= 0.6 is 11.3 Å². The van der Waals surface area contributed by atoms with Crippen molar-refractivity contribution in [2.24, 2.45) is 0 Å². The summed E-state index contributed by atoms with van der Waals surface area (Å²) in [6.07, 6.45) is 3.13. The van der Waals surface area contributed by atoms with Gasteiger partial charge in [0.1, 0.15) is 4.83 Å². The molecule has 0 spiro atoms. The van der Waals surface area contributed by atoms with E-state index in [0.29, 0.717) is 33.0 Å². The molecular formula is C16H16N4O3S. The van der Waals surface area contributed by atoms with Gasteiger partial charge in [0.25, 0.3) is 11.5 Å². The second-order valence-electron chi connectivity index (χ2n) is 6.00. The highest BCUT2D eigenvalue weighted by Gasteiger charge is 2.35. The fourth-order valence-electron chi connectivity index (χ4n) is 3.26. The predicted octanol–water partition coefficient (Wildman–Crippen LogP) is 2.57. The summed E-state index contributed by atoms with van der Waals surface area (Å²) in [5, 5.41) is 4.42. The van der Waals surface area contributed by atoms with Crippen molar-refractivity contribution in [3.8, 4) is 0 Å².